The number of benzene rings is 9. The molecule has 0 fully saturated rings. The molecule has 0 unspecified atom stereocenters. The molecule has 0 saturated carbocycles. The maximum Gasteiger partial charge on any atom is 0.0467 e. The van der Waals surface area contributed by atoms with Gasteiger partial charge in [0.25, 0.3) is 0 Å². The van der Waals surface area contributed by atoms with E-state index in [9.17, 15) is 0 Å². The summed E-state index contributed by atoms with van der Waals surface area (Å²) in [6.07, 6.45) is 0. The lowest BCUT2D eigenvalue weighted by Gasteiger charge is -2.27. The van der Waals surface area contributed by atoms with Gasteiger partial charge in [-0.05, 0) is 131 Å². The Balaban J connectivity index is 1.02. The zero-order chi connectivity index (χ0) is 38.2. The van der Waals surface area contributed by atoms with E-state index in [-0.39, 0.29) is 0 Å². The highest BCUT2D eigenvalue weighted by Gasteiger charge is 2.16. The zero-order valence-corrected chi connectivity index (χ0v) is 31.5. The quantitative estimate of drug-likeness (QED) is 0.131. The lowest BCUT2D eigenvalue weighted by molar-refractivity contribution is 1.28. The molecule has 0 heterocycles. The maximum atomic E-state index is 2.32. The van der Waals surface area contributed by atoms with Crippen molar-refractivity contribution in [1.29, 1.82) is 0 Å². The molecule has 9 aromatic carbocycles. The van der Waals surface area contributed by atoms with Crippen molar-refractivity contribution in [3.63, 3.8) is 0 Å². The zero-order valence-electron chi connectivity index (χ0n) is 31.5. The molecule has 0 radical (unpaired) electrons. The summed E-state index contributed by atoms with van der Waals surface area (Å²) in [5.74, 6) is 0. The molecule has 0 aromatic heterocycles. The van der Waals surface area contributed by atoms with Crippen LogP contribution in [0.4, 0.5) is 51.2 Å². The fraction of sp³-hybridized carbons (Fsp3) is 0. The summed E-state index contributed by atoms with van der Waals surface area (Å²) in [5.41, 5.74) is 14.6. The Morgan fingerprint density at radius 1 is 0.158 bits per heavy atom. The first-order valence-corrected chi connectivity index (χ1v) is 19.4. The third-order valence-corrected chi connectivity index (χ3v) is 10.2. The molecule has 0 aliphatic rings. The molecule has 0 amide bonds. The number of para-hydroxylation sites is 5. The van der Waals surface area contributed by atoms with Gasteiger partial charge in [0.2, 0.25) is 0 Å². The van der Waals surface area contributed by atoms with E-state index in [4.69, 9.17) is 0 Å². The monoisotopic (exact) mass is 731 g/mol. The first-order chi connectivity index (χ1) is 28.3. The van der Waals surface area contributed by atoms with Gasteiger partial charge in [-0.25, -0.2) is 0 Å². The van der Waals surface area contributed by atoms with Crippen molar-refractivity contribution in [3.8, 4) is 22.3 Å². The van der Waals surface area contributed by atoms with E-state index in [0.29, 0.717) is 0 Å². The fourth-order valence-corrected chi connectivity index (χ4v) is 7.48. The van der Waals surface area contributed by atoms with Crippen molar-refractivity contribution in [2.24, 2.45) is 0 Å². The molecule has 9 rings (SSSR count). The van der Waals surface area contributed by atoms with E-state index in [1.54, 1.807) is 0 Å². The number of nitrogens with zero attached hydrogens (tertiary/aromatic N) is 3. The predicted octanol–water partition coefficient (Wildman–Crippen LogP) is 15.4. The summed E-state index contributed by atoms with van der Waals surface area (Å²) in [6.45, 7) is 0. The fourth-order valence-electron chi connectivity index (χ4n) is 7.48. The lowest BCUT2D eigenvalue weighted by atomic mass is 10.0. The van der Waals surface area contributed by atoms with E-state index in [2.05, 4.69) is 263 Å². The molecule has 0 saturated heterocycles. The van der Waals surface area contributed by atoms with Crippen LogP contribution in [0, 0.1) is 0 Å². The summed E-state index contributed by atoms with van der Waals surface area (Å²) in [6, 6.07) is 88.1. The lowest BCUT2D eigenvalue weighted by Crippen LogP contribution is -2.10. The van der Waals surface area contributed by atoms with Crippen LogP contribution >= 0.6 is 0 Å². The smallest absolute Gasteiger partial charge is 0.0467 e. The molecule has 0 spiro atoms. The molecule has 3 heteroatoms. The van der Waals surface area contributed by atoms with Gasteiger partial charge < -0.3 is 14.7 Å². The van der Waals surface area contributed by atoms with Crippen molar-refractivity contribution in [2.75, 3.05) is 14.7 Å². The maximum absolute atomic E-state index is 2.32. The molecule has 3 nitrogen and oxygen atoms in total. The highest BCUT2D eigenvalue weighted by molar-refractivity contribution is 5.84. The normalized spacial score (nSPS) is 10.8. The van der Waals surface area contributed by atoms with Gasteiger partial charge in [-0.2, -0.15) is 0 Å². The van der Waals surface area contributed by atoms with Crippen LogP contribution in [-0.4, -0.2) is 0 Å². The molecule has 0 bridgehead atoms. The second-order valence-corrected chi connectivity index (χ2v) is 13.9. The van der Waals surface area contributed by atoms with E-state index in [0.717, 1.165) is 73.4 Å². The van der Waals surface area contributed by atoms with Crippen molar-refractivity contribution >= 4 is 51.2 Å². The Hall–Kier alpha value is -7.62. The van der Waals surface area contributed by atoms with Crippen LogP contribution in [0.3, 0.4) is 0 Å². The molecule has 0 N–H and O–H groups in total. The summed E-state index contributed by atoms with van der Waals surface area (Å²) in [7, 11) is 0. The molecule has 0 atom stereocenters. The van der Waals surface area contributed by atoms with Gasteiger partial charge in [-0.3, -0.25) is 0 Å². The van der Waals surface area contributed by atoms with Gasteiger partial charge in [0, 0.05) is 51.2 Å². The third kappa shape index (κ3) is 7.68. The second-order valence-electron chi connectivity index (χ2n) is 13.9. The van der Waals surface area contributed by atoms with Crippen LogP contribution in [0.2, 0.25) is 0 Å². The van der Waals surface area contributed by atoms with Crippen LogP contribution in [0.5, 0.6) is 0 Å². The standard InChI is InChI=1S/C54H41N3/c1-6-20-46(21-7-1)55(51-36-32-42(33-37-51)44-18-16-30-53(40-44)56(47-22-8-2-9-23-47)48-24-10-3-11-25-48)52-38-34-43(35-39-52)45-19-17-31-54(41-45)57(49-26-12-4-13-27-49)50-28-14-5-15-29-50/h1-41H. The minimum Gasteiger partial charge on any atom is -0.311 e. The average Bonchev–Trinajstić information content (AvgIpc) is 3.29. The molecule has 0 aliphatic carbocycles. The second kappa shape index (κ2) is 16.4. The van der Waals surface area contributed by atoms with Gasteiger partial charge >= 0.3 is 0 Å². The highest BCUT2D eigenvalue weighted by Crippen LogP contribution is 2.40. The Kier molecular flexibility index (Phi) is 10.1. The minimum atomic E-state index is 1.09. The first kappa shape index (κ1) is 35.1. The van der Waals surface area contributed by atoms with Crippen LogP contribution in [0.25, 0.3) is 22.3 Å². The van der Waals surface area contributed by atoms with E-state index >= 15 is 0 Å². The Morgan fingerprint density at radius 3 is 0.667 bits per heavy atom. The SMILES string of the molecule is c1ccc(N(c2ccc(-c3cccc(N(c4ccccc4)c4ccccc4)c3)cc2)c2ccc(-c3cccc(N(c4ccccc4)c4ccccc4)c3)cc2)cc1. The molecular formula is C54H41N3. The molecule has 57 heavy (non-hydrogen) atoms. The van der Waals surface area contributed by atoms with Crippen molar-refractivity contribution < 1.29 is 0 Å². The van der Waals surface area contributed by atoms with Gasteiger partial charge in [-0.15, -0.1) is 0 Å². The minimum absolute atomic E-state index is 1.09. The van der Waals surface area contributed by atoms with Crippen molar-refractivity contribution in [3.05, 3.63) is 249 Å². The van der Waals surface area contributed by atoms with Crippen LogP contribution in [0.1, 0.15) is 0 Å². The summed E-state index contributed by atoms with van der Waals surface area (Å²) >= 11 is 0. The number of hydrogen-bond acceptors (Lipinski definition) is 3. The van der Waals surface area contributed by atoms with Crippen LogP contribution < -0.4 is 14.7 Å². The van der Waals surface area contributed by atoms with E-state index < -0.39 is 0 Å². The number of rotatable bonds is 11. The van der Waals surface area contributed by atoms with Crippen LogP contribution in [-0.2, 0) is 0 Å². The number of anilines is 9. The van der Waals surface area contributed by atoms with E-state index in [1.165, 1.54) is 0 Å². The van der Waals surface area contributed by atoms with Gasteiger partial charge in [-0.1, -0.05) is 140 Å². The van der Waals surface area contributed by atoms with Crippen molar-refractivity contribution in [1.82, 2.24) is 0 Å². The van der Waals surface area contributed by atoms with E-state index in [1.807, 2.05) is 0 Å². The molecule has 0 aliphatic heterocycles. The van der Waals surface area contributed by atoms with Gasteiger partial charge in [0.15, 0.2) is 0 Å². The summed E-state index contributed by atoms with van der Waals surface area (Å²) < 4.78 is 0. The summed E-state index contributed by atoms with van der Waals surface area (Å²) in [4.78, 5) is 6.93. The summed E-state index contributed by atoms with van der Waals surface area (Å²) in [5, 5.41) is 0. The average molecular weight is 732 g/mol. The van der Waals surface area contributed by atoms with Crippen LogP contribution in [0.15, 0.2) is 249 Å². The topological polar surface area (TPSA) is 9.72 Å². The highest BCUT2D eigenvalue weighted by atomic mass is 15.2. The van der Waals surface area contributed by atoms with Gasteiger partial charge in [0.05, 0.1) is 0 Å². The predicted molar refractivity (Wildman–Crippen MR) is 241 cm³/mol. The molecule has 9 aromatic rings. The molecule has 272 valence electrons. The Bertz CT molecular complexity index is 2400. The molecular weight excluding hydrogens is 691 g/mol. The van der Waals surface area contributed by atoms with Crippen molar-refractivity contribution in [2.45, 2.75) is 0 Å². The largest absolute Gasteiger partial charge is 0.311 e. The Labute approximate surface area is 335 Å². The van der Waals surface area contributed by atoms with Gasteiger partial charge in [0.1, 0.15) is 0 Å². The Morgan fingerprint density at radius 2 is 0.386 bits per heavy atom. The first-order valence-electron chi connectivity index (χ1n) is 19.4. The third-order valence-electron chi connectivity index (χ3n) is 10.2. The number of hydrogen-bond donors (Lipinski definition) is 0.